The lowest BCUT2D eigenvalue weighted by Gasteiger charge is -2.25. The highest BCUT2D eigenvalue weighted by Gasteiger charge is 2.24. The largest absolute Gasteiger partial charge is 0.480 e. The molecule has 1 aliphatic heterocycles. The van der Waals surface area contributed by atoms with E-state index in [1.54, 1.807) is 18.1 Å². The predicted octanol–water partition coefficient (Wildman–Crippen LogP) is 2.26. The van der Waals surface area contributed by atoms with E-state index in [0.29, 0.717) is 23.7 Å². The van der Waals surface area contributed by atoms with Gasteiger partial charge in [-0.2, -0.15) is 0 Å². The van der Waals surface area contributed by atoms with Gasteiger partial charge < -0.3 is 19.5 Å². The van der Waals surface area contributed by atoms with Gasteiger partial charge in [-0.3, -0.25) is 0 Å². The number of aliphatic carboxylic acids is 1. The number of hydrogen-bond acceptors (Lipinski definition) is 5. The van der Waals surface area contributed by atoms with Gasteiger partial charge in [0.15, 0.2) is 11.5 Å². The molecule has 0 aliphatic carbocycles. The molecule has 6 heteroatoms. The third-order valence-corrected chi connectivity index (χ3v) is 3.71. The van der Waals surface area contributed by atoms with Crippen molar-refractivity contribution in [2.45, 2.75) is 19.4 Å². The van der Waals surface area contributed by atoms with E-state index >= 15 is 0 Å². The number of nitrogens with zero attached hydrogens (tertiary/aromatic N) is 2. The van der Waals surface area contributed by atoms with Crippen molar-refractivity contribution in [2.75, 3.05) is 18.7 Å². The number of pyridine rings is 1. The molecular formula is C15H16N2O4. The number of rotatable bonds is 4. The number of aromatic nitrogens is 1. The average Bonchev–Trinajstić information content (AvgIpc) is 2.91. The topological polar surface area (TPSA) is 71.9 Å². The van der Waals surface area contributed by atoms with Gasteiger partial charge in [-0.25, -0.2) is 9.78 Å². The Kier molecular flexibility index (Phi) is 3.29. The first-order valence-corrected chi connectivity index (χ1v) is 6.75. The van der Waals surface area contributed by atoms with Crippen molar-refractivity contribution in [2.24, 2.45) is 0 Å². The standard InChI is InChI=1S/C15H16N2O4/c1-3-11(15(18)19)17(2)14-10-7-13-12(20-8-21-13)6-9(10)4-5-16-14/h4-7,11H,3,8H2,1-2H3,(H,18,19). The van der Waals surface area contributed by atoms with E-state index in [1.165, 1.54) is 0 Å². The summed E-state index contributed by atoms with van der Waals surface area (Å²) in [5.74, 6) is 1.13. The number of carbonyl (C=O) groups is 1. The van der Waals surface area contributed by atoms with Crippen LogP contribution in [0.4, 0.5) is 5.82 Å². The van der Waals surface area contributed by atoms with Crippen LogP contribution < -0.4 is 14.4 Å². The predicted molar refractivity (Wildman–Crippen MR) is 78.0 cm³/mol. The summed E-state index contributed by atoms with van der Waals surface area (Å²) in [7, 11) is 1.74. The lowest BCUT2D eigenvalue weighted by Crippen LogP contribution is -2.38. The summed E-state index contributed by atoms with van der Waals surface area (Å²) >= 11 is 0. The molecule has 110 valence electrons. The minimum atomic E-state index is -0.862. The van der Waals surface area contributed by atoms with Crippen LogP contribution in [0.2, 0.25) is 0 Å². The Morgan fingerprint density at radius 2 is 2.14 bits per heavy atom. The monoisotopic (exact) mass is 288 g/mol. The second-order valence-electron chi connectivity index (χ2n) is 4.93. The Hall–Kier alpha value is -2.50. The molecule has 21 heavy (non-hydrogen) atoms. The number of hydrogen-bond donors (Lipinski definition) is 1. The van der Waals surface area contributed by atoms with Gasteiger partial charge in [-0.15, -0.1) is 0 Å². The first-order chi connectivity index (χ1) is 10.1. The van der Waals surface area contributed by atoms with Gasteiger partial charge in [0.05, 0.1) is 0 Å². The maximum atomic E-state index is 11.4. The molecule has 0 bridgehead atoms. The minimum absolute atomic E-state index is 0.205. The first-order valence-electron chi connectivity index (χ1n) is 6.75. The second-order valence-corrected chi connectivity index (χ2v) is 4.93. The molecule has 2 aromatic rings. The highest BCUT2D eigenvalue weighted by Crippen LogP contribution is 2.38. The fourth-order valence-electron chi connectivity index (χ4n) is 2.59. The lowest BCUT2D eigenvalue weighted by molar-refractivity contribution is -0.138. The number of ether oxygens (including phenoxy) is 2. The van der Waals surface area contributed by atoms with E-state index in [9.17, 15) is 9.90 Å². The van der Waals surface area contributed by atoms with Crippen molar-refractivity contribution >= 4 is 22.6 Å². The molecule has 0 fully saturated rings. The maximum Gasteiger partial charge on any atom is 0.326 e. The Balaban J connectivity index is 2.12. The van der Waals surface area contributed by atoms with E-state index in [2.05, 4.69) is 4.98 Å². The van der Waals surface area contributed by atoms with E-state index in [4.69, 9.17) is 9.47 Å². The number of likely N-dealkylation sites (N-methyl/N-ethyl adjacent to an activating group) is 1. The van der Waals surface area contributed by atoms with Gasteiger partial charge >= 0.3 is 5.97 Å². The van der Waals surface area contributed by atoms with Gasteiger partial charge in [-0.05, 0) is 30.0 Å². The van der Waals surface area contributed by atoms with Gasteiger partial charge in [0.2, 0.25) is 6.79 Å². The second kappa shape index (κ2) is 5.12. The lowest BCUT2D eigenvalue weighted by atomic mass is 10.1. The summed E-state index contributed by atoms with van der Waals surface area (Å²) in [6.07, 6.45) is 2.17. The number of carboxylic acid groups (broad SMARTS) is 1. The van der Waals surface area contributed by atoms with Gasteiger partial charge in [-0.1, -0.05) is 6.92 Å². The molecule has 0 amide bonds. The SMILES string of the molecule is CCC(C(=O)O)N(C)c1nccc2cc3c(cc12)OCO3. The summed E-state index contributed by atoms with van der Waals surface area (Å²) < 4.78 is 10.8. The smallest absolute Gasteiger partial charge is 0.326 e. The van der Waals surface area contributed by atoms with Crippen LogP contribution in [0.25, 0.3) is 10.8 Å². The van der Waals surface area contributed by atoms with Crippen LogP contribution in [0.1, 0.15) is 13.3 Å². The molecule has 2 heterocycles. The molecule has 6 nitrogen and oxygen atoms in total. The van der Waals surface area contributed by atoms with Crippen LogP contribution in [0.3, 0.4) is 0 Å². The fourth-order valence-corrected chi connectivity index (χ4v) is 2.59. The Bertz CT molecular complexity index is 701. The Labute approximate surface area is 121 Å². The zero-order valence-electron chi connectivity index (χ0n) is 11.9. The van der Waals surface area contributed by atoms with Gasteiger partial charge in [0.25, 0.3) is 0 Å². The van der Waals surface area contributed by atoms with Gasteiger partial charge in [0.1, 0.15) is 11.9 Å². The Morgan fingerprint density at radius 3 is 2.81 bits per heavy atom. The summed E-state index contributed by atoms with van der Waals surface area (Å²) in [5.41, 5.74) is 0. The number of fused-ring (bicyclic) bond motifs is 2. The fraction of sp³-hybridized carbons (Fsp3) is 0.333. The molecule has 0 saturated heterocycles. The molecule has 1 unspecified atom stereocenters. The zero-order valence-corrected chi connectivity index (χ0v) is 11.9. The average molecular weight is 288 g/mol. The molecule has 0 spiro atoms. The molecule has 3 rings (SSSR count). The summed E-state index contributed by atoms with van der Waals surface area (Å²) in [6.45, 7) is 2.05. The quantitative estimate of drug-likeness (QED) is 0.930. The van der Waals surface area contributed by atoms with E-state index < -0.39 is 12.0 Å². The van der Waals surface area contributed by atoms with Crippen molar-refractivity contribution in [3.8, 4) is 11.5 Å². The van der Waals surface area contributed by atoms with Crippen LogP contribution in [-0.4, -0.2) is 35.9 Å². The van der Waals surface area contributed by atoms with Crippen molar-refractivity contribution in [1.82, 2.24) is 4.98 Å². The van der Waals surface area contributed by atoms with Crippen LogP contribution in [0, 0.1) is 0 Å². The van der Waals surface area contributed by atoms with Crippen molar-refractivity contribution in [3.63, 3.8) is 0 Å². The maximum absolute atomic E-state index is 11.4. The van der Waals surface area contributed by atoms with Gasteiger partial charge in [0, 0.05) is 18.6 Å². The van der Waals surface area contributed by atoms with Crippen molar-refractivity contribution in [1.29, 1.82) is 0 Å². The van der Waals surface area contributed by atoms with Crippen LogP contribution in [0.15, 0.2) is 24.4 Å². The Morgan fingerprint density at radius 1 is 1.43 bits per heavy atom. The molecule has 1 aliphatic rings. The van der Waals surface area contributed by atoms with Crippen molar-refractivity contribution in [3.05, 3.63) is 24.4 Å². The van der Waals surface area contributed by atoms with Crippen LogP contribution in [0.5, 0.6) is 11.5 Å². The third kappa shape index (κ3) is 2.22. The zero-order chi connectivity index (χ0) is 15.0. The number of benzene rings is 1. The highest BCUT2D eigenvalue weighted by atomic mass is 16.7. The number of carboxylic acids is 1. The van der Waals surface area contributed by atoms with E-state index in [0.717, 1.165) is 10.8 Å². The number of anilines is 1. The first kappa shape index (κ1) is 13.5. The highest BCUT2D eigenvalue weighted by molar-refractivity contribution is 5.96. The molecule has 1 aromatic heterocycles. The third-order valence-electron chi connectivity index (χ3n) is 3.71. The molecule has 0 radical (unpaired) electrons. The summed E-state index contributed by atoms with van der Waals surface area (Å²) in [5, 5.41) is 11.1. The van der Waals surface area contributed by atoms with Crippen LogP contribution >= 0.6 is 0 Å². The molecule has 0 saturated carbocycles. The summed E-state index contributed by atoms with van der Waals surface area (Å²) in [4.78, 5) is 17.4. The normalized spacial score (nSPS) is 14.2. The van der Waals surface area contributed by atoms with E-state index in [-0.39, 0.29) is 6.79 Å². The van der Waals surface area contributed by atoms with Crippen LogP contribution in [-0.2, 0) is 4.79 Å². The molecule has 1 N–H and O–H groups in total. The van der Waals surface area contributed by atoms with Crippen molar-refractivity contribution < 1.29 is 19.4 Å². The van der Waals surface area contributed by atoms with E-state index in [1.807, 2.05) is 25.1 Å². The molecule has 1 aromatic carbocycles. The molecular weight excluding hydrogens is 272 g/mol. The molecule has 1 atom stereocenters. The minimum Gasteiger partial charge on any atom is -0.480 e. The summed E-state index contributed by atoms with van der Waals surface area (Å²) in [6, 6.07) is 4.99.